The molecule has 0 spiro atoms. The average molecular weight is 453 g/mol. The predicted octanol–water partition coefficient (Wildman–Crippen LogP) is 4.01. The van der Waals surface area contributed by atoms with Crippen LogP contribution in [0.1, 0.15) is 24.3 Å². The van der Waals surface area contributed by atoms with Crippen LogP contribution < -0.4 is 4.72 Å². The zero-order valence-corrected chi connectivity index (χ0v) is 18.4. The number of benzene rings is 2. The summed E-state index contributed by atoms with van der Waals surface area (Å²) in [7, 11) is -3.65. The number of aromatic amines is 1. The van der Waals surface area contributed by atoms with Gasteiger partial charge in [-0.15, -0.1) is 0 Å². The smallest absolute Gasteiger partial charge is 0.242 e. The van der Waals surface area contributed by atoms with Gasteiger partial charge in [0.1, 0.15) is 10.7 Å². The van der Waals surface area contributed by atoms with Crippen LogP contribution in [-0.2, 0) is 10.0 Å². The van der Waals surface area contributed by atoms with Crippen LogP contribution in [0.15, 0.2) is 65.8 Å². The van der Waals surface area contributed by atoms with Gasteiger partial charge < -0.3 is 9.88 Å². The van der Waals surface area contributed by atoms with Crippen molar-refractivity contribution < 1.29 is 12.8 Å². The number of likely N-dealkylation sites (tertiary alicyclic amines) is 1. The molecule has 6 nitrogen and oxygen atoms in total. The number of piperidine rings is 1. The minimum Gasteiger partial charge on any atom is -0.361 e. The summed E-state index contributed by atoms with van der Waals surface area (Å²) in [6.45, 7) is 2.66. The number of para-hydroxylation sites is 1. The maximum Gasteiger partial charge on any atom is 0.242 e. The Morgan fingerprint density at radius 3 is 2.72 bits per heavy atom. The molecule has 8 heteroatoms. The zero-order valence-electron chi connectivity index (χ0n) is 17.6. The Labute approximate surface area is 186 Å². The zero-order chi connectivity index (χ0) is 22.1. The molecule has 2 aromatic carbocycles. The Morgan fingerprint density at radius 1 is 1.09 bits per heavy atom. The fraction of sp³-hybridized carbons (Fsp3) is 0.292. The van der Waals surface area contributed by atoms with E-state index in [-0.39, 0.29) is 10.7 Å². The number of hydrogen-bond acceptors (Lipinski definition) is 4. The Kier molecular flexibility index (Phi) is 5.67. The van der Waals surface area contributed by atoms with Gasteiger partial charge in [0.2, 0.25) is 10.0 Å². The summed E-state index contributed by atoms with van der Waals surface area (Å²) >= 11 is 0. The number of pyridine rings is 1. The van der Waals surface area contributed by atoms with Crippen LogP contribution in [0.25, 0.3) is 21.8 Å². The van der Waals surface area contributed by atoms with Crippen molar-refractivity contribution >= 4 is 31.8 Å². The fourth-order valence-electron chi connectivity index (χ4n) is 4.66. The molecule has 0 amide bonds. The highest BCUT2D eigenvalue weighted by Gasteiger charge is 2.24. The van der Waals surface area contributed by atoms with Gasteiger partial charge in [-0.05, 0) is 61.7 Å². The molecular weight excluding hydrogens is 427 g/mol. The molecule has 0 atom stereocenters. The number of fused-ring (bicyclic) bond motifs is 2. The number of H-pyrrole nitrogens is 1. The van der Waals surface area contributed by atoms with E-state index in [2.05, 4.69) is 19.6 Å². The van der Waals surface area contributed by atoms with Crippen LogP contribution in [-0.4, -0.2) is 49.5 Å². The van der Waals surface area contributed by atoms with Crippen molar-refractivity contribution in [3.05, 3.63) is 72.3 Å². The number of sulfonamides is 1. The van der Waals surface area contributed by atoms with Gasteiger partial charge in [0, 0.05) is 41.8 Å². The predicted molar refractivity (Wildman–Crippen MR) is 124 cm³/mol. The highest BCUT2D eigenvalue weighted by Crippen LogP contribution is 2.34. The third kappa shape index (κ3) is 4.01. The van der Waals surface area contributed by atoms with E-state index in [9.17, 15) is 12.8 Å². The first-order valence-corrected chi connectivity index (χ1v) is 12.3. The lowest BCUT2D eigenvalue weighted by Gasteiger charge is -2.32. The fourth-order valence-corrected chi connectivity index (χ4v) is 5.86. The van der Waals surface area contributed by atoms with Crippen molar-refractivity contribution in [2.24, 2.45) is 0 Å². The van der Waals surface area contributed by atoms with Gasteiger partial charge in [0.15, 0.2) is 0 Å². The first-order chi connectivity index (χ1) is 15.5. The van der Waals surface area contributed by atoms with Gasteiger partial charge in [0.05, 0.1) is 5.52 Å². The van der Waals surface area contributed by atoms with Crippen LogP contribution in [0.5, 0.6) is 0 Å². The van der Waals surface area contributed by atoms with E-state index in [1.807, 2.05) is 24.4 Å². The second-order valence-corrected chi connectivity index (χ2v) is 9.99. The number of nitrogens with one attached hydrogen (secondary N) is 2. The molecule has 5 rings (SSSR count). The number of aromatic nitrogens is 2. The SMILES string of the molecule is O=S(=O)(NCCN1CCC(c2c[nH]c3cccc(F)c23)CC1)c1cccc2cccnc12. The highest BCUT2D eigenvalue weighted by molar-refractivity contribution is 7.89. The number of nitrogens with zero attached hydrogens (tertiary/aromatic N) is 2. The molecule has 2 aromatic heterocycles. The summed E-state index contributed by atoms with van der Waals surface area (Å²) in [6, 6.07) is 13.9. The molecule has 0 bridgehead atoms. The van der Waals surface area contributed by atoms with Crippen LogP contribution in [0, 0.1) is 5.82 Å². The second kappa shape index (κ2) is 8.61. The van der Waals surface area contributed by atoms with E-state index in [4.69, 9.17) is 0 Å². The Morgan fingerprint density at radius 2 is 1.88 bits per heavy atom. The van der Waals surface area contributed by atoms with Crippen LogP contribution in [0.3, 0.4) is 0 Å². The molecule has 4 aromatic rings. The van der Waals surface area contributed by atoms with Gasteiger partial charge in [0.25, 0.3) is 0 Å². The molecule has 0 saturated carbocycles. The van der Waals surface area contributed by atoms with Crippen molar-refractivity contribution in [2.45, 2.75) is 23.7 Å². The summed E-state index contributed by atoms with van der Waals surface area (Å²) in [4.78, 5) is 9.89. The maximum absolute atomic E-state index is 14.3. The van der Waals surface area contributed by atoms with E-state index in [1.54, 1.807) is 30.5 Å². The first kappa shape index (κ1) is 21.1. The molecule has 0 aliphatic carbocycles. The number of hydrogen-bond donors (Lipinski definition) is 2. The minimum absolute atomic E-state index is 0.182. The molecule has 1 aliphatic rings. The van der Waals surface area contributed by atoms with Crippen LogP contribution in [0.4, 0.5) is 4.39 Å². The Balaban J connectivity index is 1.19. The largest absolute Gasteiger partial charge is 0.361 e. The number of halogens is 1. The topological polar surface area (TPSA) is 78.1 Å². The van der Waals surface area contributed by atoms with Gasteiger partial charge in [-0.1, -0.05) is 24.3 Å². The Bertz CT molecular complexity index is 1360. The lowest BCUT2D eigenvalue weighted by atomic mass is 9.89. The van der Waals surface area contributed by atoms with Crippen molar-refractivity contribution in [3.8, 4) is 0 Å². The van der Waals surface area contributed by atoms with Crippen molar-refractivity contribution in [3.63, 3.8) is 0 Å². The quantitative estimate of drug-likeness (QED) is 0.463. The Hall–Kier alpha value is -2.81. The minimum atomic E-state index is -3.65. The summed E-state index contributed by atoms with van der Waals surface area (Å²) in [5, 5.41) is 1.49. The summed E-state index contributed by atoms with van der Waals surface area (Å²) in [5.74, 6) is 0.119. The van der Waals surface area contributed by atoms with Gasteiger partial charge in [-0.2, -0.15) is 0 Å². The molecule has 3 heterocycles. The molecule has 1 aliphatic heterocycles. The van der Waals surface area contributed by atoms with Gasteiger partial charge in [-0.25, -0.2) is 17.5 Å². The van der Waals surface area contributed by atoms with E-state index in [0.717, 1.165) is 42.4 Å². The molecule has 0 radical (unpaired) electrons. The van der Waals surface area contributed by atoms with Gasteiger partial charge in [-0.3, -0.25) is 4.98 Å². The van der Waals surface area contributed by atoms with E-state index in [0.29, 0.717) is 29.9 Å². The molecule has 2 N–H and O–H groups in total. The van der Waals surface area contributed by atoms with Gasteiger partial charge >= 0.3 is 0 Å². The standard InChI is InChI=1S/C24H25FN4O2S/c25-20-6-2-7-21-23(20)19(16-27-21)17-9-13-29(14-10-17)15-12-28-32(30,31)22-8-1-4-18-5-3-11-26-24(18)22/h1-8,11,16-17,27-28H,9-10,12-15H2. The molecule has 166 valence electrons. The van der Waals surface area contributed by atoms with Crippen molar-refractivity contribution in [1.29, 1.82) is 0 Å². The molecule has 1 fully saturated rings. The second-order valence-electron chi connectivity index (χ2n) is 8.25. The molecule has 0 unspecified atom stereocenters. The maximum atomic E-state index is 14.3. The average Bonchev–Trinajstić information content (AvgIpc) is 3.25. The summed E-state index contributed by atoms with van der Waals surface area (Å²) < 4.78 is 42.7. The lowest BCUT2D eigenvalue weighted by molar-refractivity contribution is 0.216. The van der Waals surface area contributed by atoms with Crippen LogP contribution in [0.2, 0.25) is 0 Å². The normalized spacial score (nSPS) is 16.2. The lowest BCUT2D eigenvalue weighted by Crippen LogP contribution is -2.39. The van der Waals surface area contributed by atoms with E-state index in [1.165, 1.54) is 6.07 Å². The van der Waals surface area contributed by atoms with E-state index < -0.39 is 10.0 Å². The van der Waals surface area contributed by atoms with Crippen molar-refractivity contribution in [1.82, 2.24) is 19.6 Å². The molecular formula is C24H25FN4O2S. The summed E-state index contributed by atoms with van der Waals surface area (Å²) in [5.41, 5.74) is 2.36. The molecule has 32 heavy (non-hydrogen) atoms. The summed E-state index contributed by atoms with van der Waals surface area (Å²) in [6.07, 6.45) is 5.37. The van der Waals surface area contributed by atoms with Crippen LogP contribution >= 0.6 is 0 Å². The van der Waals surface area contributed by atoms with Crippen molar-refractivity contribution in [2.75, 3.05) is 26.2 Å². The molecule has 1 saturated heterocycles. The third-order valence-corrected chi connectivity index (χ3v) is 7.81. The first-order valence-electron chi connectivity index (χ1n) is 10.8. The number of rotatable bonds is 6. The van der Waals surface area contributed by atoms with E-state index >= 15 is 0 Å². The third-order valence-electron chi connectivity index (χ3n) is 6.32. The highest BCUT2D eigenvalue weighted by atomic mass is 32.2. The monoisotopic (exact) mass is 452 g/mol.